The fourth-order valence-corrected chi connectivity index (χ4v) is 4.91. The number of piperidine rings is 1. The van der Waals surface area contributed by atoms with E-state index in [1.165, 1.54) is 4.90 Å². The number of rotatable bonds is 2. The van der Waals surface area contributed by atoms with E-state index in [-0.39, 0.29) is 24.5 Å². The SMILES string of the molecule is Cc1cn(C2COC3(CCN(C(=O)OC(C)(C)C)CC3)OC2)c2ncc(N3CCC(=O)NC3=O)cc12. The Morgan fingerprint density at radius 3 is 2.50 bits per heavy atom. The highest BCUT2D eigenvalue weighted by Crippen LogP contribution is 2.36. The summed E-state index contributed by atoms with van der Waals surface area (Å²) in [7, 11) is 0. The zero-order chi connectivity index (χ0) is 25.7. The Kier molecular flexibility index (Phi) is 6.16. The van der Waals surface area contributed by atoms with E-state index >= 15 is 0 Å². The van der Waals surface area contributed by atoms with Gasteiger partial charge in [-0.2, -0.15) is 0 Å². The second kappa shape index (κ2) is 9.04. The van der Waals surface area contributed by atoms with Crippen LogP contribution in [0.5, 0.6) is 0 Å². The van der Waals surface area contributed by atoms with Crippen LogP contribution in [0.3, 0.4) is 0 Å². The van der Waals surface area contributed by atoms with Crippen molar-refractivity contribution in [2.24, 2.45) is 0 Å². The number of nitrogens with one attached hydrogen (secondary N) is 1. The van der Waals surface area contributed by atoms with Gasteiger partial charge in [0.25, 0.3) is 0 Å². The maximum absolute atomic E-state index is 12.4. The van der Waals surface area contributed by atoms with Gasteiger partial charge in [-0.15, -0.1) is 0 Å². The van der Waals surface area contributed by atoms with Crippen molar-refractivity contribution < 1.29 is 28.6 Å². The van der Waals surface area contributed by atoms with Gasteiger partial charge in [0.2, 0.25) is 5.91 Å². The minimum Gasteiger partial charge on any atom is -0.444 e. The summed E-state index contributed by atoms with van der Waals surface area (Å²) in [6.45, 7) is 9.88. The predicted molar refractivity (Wildman–Crippen MR) is 131 cm³/mol. The molecule has 5 rings (SSSR count). The fourth-order valence-electron chi connectivity index (χ4n) is 4.91. The Morgan fingerprint density at radius 1 is 1.17 bits per heavy atom. The maximum atomic E-state index is 12.4. The second-order valence-corrected chi connectivity index (χ2v) is 10.7. The van der Waals surface area contributed by atoms with Crippen LogP contribution >= 0.6 is 0 Å². The lowest BCUT2D eigenvalue weighted by atomic mass is 10.0. The van der Waals surface area contributed by atoms with Gasteiger partial charge in [0.1, 0.15) is 11.2 Å². The van der Waals surface area contributed by atoms with Gasteiger partial charge in [-0.05, 0) is 39.3 Å². The Labute approximate surface area is 209 Å². The first-order valence-electron chi connectivity index (χ1n) is 12.4. The summed E-state index contributed by atoms with van der Waals surface area (Å²) in [6.07, 6.45) is 4.82. The quantitative estimate of drug-likeness (QED) is 0.675. The van der Waals surface area contributed by atoms with E-state index in [9.17, 15) is 14.4 Å². The highest BCUT2D eigenvalue weighted by molar-refractivity contribution is 6.06. The number of nitrogens with zero attached hydrogens (tertiary/aromatic N) is 4. The third kappa shape index (κ3) is 4.77. The molecule has 3 aliphatic heterocycles. The van der Waals surface area contributed by atoms with Crippen LogP contribution in [0.15, 0.2) is 18.5 Å². The number of carbonyl (C=O) groups is 3. The van der Waals surface area contributed by atoms with Crippen molar-refractivity contribution in [2.75, 3.05) is 37.7 Å². The van der Waals surface area contributed by atoms with E-state index in [2.05, 4.69) is 14.9 Å². The Balaban J connectivity index is 1.24. The number of anilines is 1. The second-order valence-electron chi connectivity index (χ2n) is 10.7. The van der Waals surface area contributed by atoms with Crippen LogP contribution in [0.1, 0.15) is 51.6 Å². The Bertz CT molecular complexity index is 1180. The highest BCUT2D eigenvalue weighted by atomic mass is 16.7. The predicted octanol–water partition coefficient (Wildman–Crippen LogP) is 3.11. The van der Waals surface area contributed by atoms with E-state index in [0.717, 1.165) is 16.6 Å². The minimum atomic E-state index is -0.688. The fraction of sp³-hybridized carbons (Fsp3) is 0.600. The average Bonchev–Trinajstić information content (AvgIpc) is 3.15. The summed E-state index contributed by atoms with van der Waals surface area (Å²) in [6, 6.07) is 1.45. The summed E-state index contributed by atoms with van der Waals surface area (Å²) >= 11 is 0. The molecule has 36 heavy (non-hydrogen) atoms. The Morgan fingerprint density at radius 2 is 1.86 bits per heavy atom. The van der Waals surface area contributed by atoms with Crippen molar-refractivity contribution in [3.05, 3.63) is 24.0 Å². The third-order valence-electron chi connectivity index (χ3n) is 6.87. The number of urea groups is 1. The van der Waals surface area contributed by atoms with E-state index < -0.39 is 17.4 Å². The van der Waals surface area contributed by atoms with Crippen molar-refractivity contribution in [3.8, 4) is 0 Å². The first-order valence-corrected chi connectivity index (χ1v) is 12.4. The molecule has 1 N–H and O–H groups in total. The number of ether oxygens (including phenoxy) is 3. The molecule has 194 valence electrons. The summed E-state index contributed by atoms with van der Waals surface area (Å²) in [5, 5.41) is 3.28. The van der Waals surface area contributed by atoms with Crippen LogP contribution in [0.2, 0.25) is 0 Å². The molecule has 1 spiro atoms. The number of hydrogen-bond acceptors (Lipinski definition) is 7. The first-order chi connectivity index (χ1) is 17.0. The van der Waals surface area contributed by atoms with Crippen LogP contribution in [0, 0.1) is 6.92 Å². The molecule has 11 nitrogen and oxygen atoms in total. The number of hydrogen-bond donors (Lipinski definition) is 1. The molecule has 3 saturated heterocycles. The van der Waals surface area contributed by atoms with Crippen molar-refractivity contribution in [2.45, 2.75) is 64.4 Å². The smallest absolute Gasteiger partial charge is 0.410 e. The molecule has 11 heteroatoms. The van der Waals surface area contributed by atoms with Gasteiger partial charge in [0.05, 0.1) is 31.1 Å². The van der Waals surface area contributed by atoms with Gasteiger partial charge in [0.15, 0.2) is 5.79 Å². The van der Waals surface area contributed by atoms with Crippen LogP contribution in [-0.2, 0) is 19.0 Å². The van der Waals surface area contributed by atoms with Gasteiger partial charge >= 0.3 is 12.1 Å². The number of amides is 4. The van der Waals surface area contributed by atoms with E-state index in [1.807, 2.05) is 40.0 Å². The summed E-state index contributed by atoms with van der Waals surface area (Å²) in [5.41, 5.74) is 1.94. The molecule has 3 fully saturated rings. The van der Waals surface area contributed by atoms with Gasteiger partial charge in [-0.25, -0.2) is 14.6 Å². The molecular weight excluding hydrogens is 466 g/mol. The molecule has 0 radical (unpaired) electrons. The molecule has 5 heterocycles. The zero-order valence-electron chi connectivity index (χ0n) is 21.2. The van der Waals surface area contributed by atoms with Gasteiger partial charge < -0.3 is 23.7 Å². The number of carbonyl (C=O) groups excluding carboxylic acids is 3. The Hall–Kier alpha value is -3.18. The number of aromatic nitrogens is 2. The topological polar surface area (TPSA) is 115 Å². The number of likely N-dealkylation sites (tertiary alicyclic amines) is 1. The zero-order valence-corrected chi connectivity index (χ0v) is 21.2. The molecular formula is C25H33N5O6. The lowest BCUT2D eigenvalue weighted by Crippen LogP contribution is -2.53. The standard InChI is InChI=1S/C25H33N5O6/c1-16-13-30(21-19(16)11-17(12-26-21)29-8-5-20(31)27-22(29)32)18-14-34-25(35-15-18)6-9-28(10-7-25)23(33)36-24(2,3)4/h11-13,18H,5-10,14-15H2,1-4H3,(H,27,31,32). The largest absolute Gasteiger partial charge is 0.444 e. The van der Waals surface area contributed by atoms with Crippen LogP contribution in [0.25, 0.3) is 11.0 Å². The molecule has 0 aromatic carbocycles. The number of imide groups is 1. The molecule has 0 bridgehead atoms. The van der Waals surface area contributed by atoms with E-state index in [4.69, 9.17) is 14.2 Å². The van der Waals surface area contributed by atoms with Crippen molar-refractivity contribution in [1.29, 1.82) is 0 Å². The number of fused-ring (bicyclic) bond motifs is 1. The third-order valence-corrected chi connectivity index (χ3v) is 6.87. The van der Waals surface area contributed by atoms with Gasteiger partial charge in [-0.3, -0.25) is 15.0 Å². The maximum Gasteiger partial charge on any atom is 0.410 e. The summed E-state index contributed by atoms with van der Waals surface area (Å²) in [4.78, 5) is 44.0. The molecule has 0 saturated carbocycles. The van der Waals surface area contributed by atoms with Gasteiger partial charge in [0, 0.05) is 50.5 Å². The van der Waals surface area contributed by atoms with Crippen LogP contribution in [0.4, 0.5) is 15.3 Å². The number of aryl methyl sites for hydroxylation is 1. The molecule has 3 aliphatic rings. The van der Waals surface area contributed by atoms with Crippen LogP contribution < -0.4 is 10.2 Å². The monoisotopic (exact) mass is 499 g/mol. The lowest BCUT2D eigenvalue weighted by Gasteiger charge is -2.45. The average molecular weight is 500 g/mol. The molecule has 0 unspecified atom stereocenters. The number of pyridine rings is 1. The summed E-state index contributed by atoms with van der Waals surface area (Å²) < 4.78 is 20.1. The molecule has 4 amide bonds. The van der Waals surface area contributed by atoms with Crippen LogP contribution in [-0.4, -0.2) is 76.7 Å². The van der Waals surface area contributed by atoms with Gasteiger partial charge in [-0.1, -0.05) is 0 Å². The minimum absolute atomic E-state index is 0.0510. The van der Waals surface area contributed by atoms with E-state index in [1.54, 1.807) is 11.1 Å². The van der Waals surface area contributed by atoms with E-state index in [0.29, 0.717) is 51.4 Å². The van der Waals surface area contributed by atoms with Crippen molar-refractivity contribution in [1.82, 2.24) is 19.8 Å². The normalized spacial score (nSPS) is 21.2. The highest BCUT2D eigenvalue weighted by Gasteiger charge is 2.43. The van der Waals surface area contributed by atoms with Crippen molar-refractivity contribution >= 4 is 34.8 Å². The molecule has 0 aliphatic carbocycles. The lowest BCUT2D eigenvalue weighted by molar-refractivity contribution is -0.294. The first kappa shape index (κ1) is 24.5. The summed E-state index contributed by atoms with van der Waals surface area (Å²) in [5.74, 6) is -0.953. The molecule has 2 aromatic heterocycles. The molecule has 0 atom stereocenters. The van der Waals surface area contributed by atoms with Crippen molar-refractivity contribution in [3.63, 3.8) is 0 Å². The molecule has 2 aromatic rings.